The van der Waals surface area contributed by atoms with E-state index >= 15 is 0 Å². The Labute approximate surface area is 125 Å². The van der Waals surface area contributed by atoms with Crippen LogP contribution in [-0.2, 0) is 35.9 Å². The van der Waals surface area contributed by atoms with E-state index < -0.39 is 10.0 Å². The van der Waals surface area contributed by atoms with Crippen molar-refractivity contribution in [1.29, 1.82) is 0 Å². The van der Waals surface area contributed by atoms with Crippen LogP contribution in [0.15, 0.2) is 36.5 Å². The first-order chi connectivity index (χ1) is 10.00. The van der Waals surface area contributed by atoms with Crippen molar-refractivity contribution < 1.29 is 8.42 Å². The lowest BCUT2D eigenvalue weighted by atomic mass is 10.1. The second-order valence-electron chi connectivity index (χ2n) is 4.88. The standard InChI is InChI=1S/C14H20N4O2S/c1-15-9-12-4-3-5-13(8-12)11-21(19,20)17-10-14-6-7-16-18(14)2/h3-8,15,17H,9-11H2,1-2H3. The summed E-state index contributed by atoms with van der Waals surface area (Å²) >= 11 is 0. The molecule has 7 heteroatoms. The summed E-state index contributed by atoms with van der Waals surface area (Å²) in [5.74, 6) is -0.0254. The maximum Gasteiger partial charge on any atom is 0.216 e. The van der Waals surface area contributed by atoms with Gasteiger partial charge in [0.05, 0.1) is 18.0 Å². The number of rotatable bonds is 7. The molecule has 0 atom stereocenters. The highest BCUT2D eigenvalue weighted by Gasteiger charge is 2.12. The monoisotopic (exact) mass is 308 g/mol. The molecule has 2 N–H and O–H groups in total. The molecule has 0 saturated heterocycles. The first kappa shape index (κ1) is 15.7. The summed E-state index contributed by atoms with van der Waals surface area (Å²) in [5.41, 5.74) is 2.67. The average Bonchev–Trinajstić information content (AvgIpc) is 2.82. The van der Waals surface area contributed by atoms with Crippen molar-refractivity contribution in [2.75, 3.05) is 7.05 Å². The van der Waals surface area contributed by atoms with Crippen LogP contribution in [0, 0.1) is 0 Å². The Bertz CT molecular complexity index is 695. The van der Waals surface area contributed by atoms with Gasteiger partial charge in [-0.25, -0.2) is 13.1 Å². The lowest BCUT2D eigenvalue weighted by molar-refractivity contribution is 0.576. The van der Waals surface area contributed by atoms with Gasteiger partial charge in [0.25, 0.3) is 0 Å². The summed E-state index contributed by atoms with van der Waals surface area (Å²) in [7, 11) is 0.272. The van der Waals surface area contributed by atoms with E-state index in [1.807, 2.05) is 31.3 Å². The van der Waals surface area contributed by atoms with Gasteiger partial charge in [-0.3, -0.25) is 4.68 Å². The van der Waals surface area contributed by atoms with E-state index in [0.29, 0.717) is 0 Å². The Balaban J connectivity index is 2.00. The number of nitrogens with zero attached hydrogens (tertiary/aromatic N) is 2. The second-order valence-corrected chi connectivity index (χ2v) is 6.68. The fourth-order valence-electron chi connectivity index (χ4n) is 2.06. The van der Waals surface area contributed by atoms with Gasteiger partial charge in [0, 0.05) is 19.8 Å². The molecular weight excluding hydrogens is 288 g/mol. The predicted molar refractivity (Wildman–Crippen MR) is 81.9 cm³/mol. The Morgan fingerprint density at radius 2 is 1.95 bits per heavy atom. The van der Waals surface area contributed by atoms with Gasteiger partial charge in [0.2, 0.25) is 10.0 Å². The topological polar surface area (TPSA) is 76.0 Å². The van der Waals surface area contributed by atoms with Gasteiger partial charge in [-0.15, -0.1) is 0 Å². The van der Waals surface area contributed by atoms with Gasteiger partial charge in [0.15, 0.2) is 0 Å². The Morgan fingerprint density at radius 1 is 1.19 bits per heavy atom. The molecule has 2 rings (SSSR count). The molecule has 114 valence electrons. The van der Waals surface area contributed by atoms with Crippen LogP contribution in [0.3, 0.4) is 0 Å². The maximum absolute atomic E-state index is 12.1. The fourth-order valence-corrected chi connectivity index (χ4v) is 3.15. The number of nitrogens with one attached hydrogen (secondary N) is 2. The van der Waals surface area contributed by atoms with E-state index in [-0.39, 0.29) is 12.3 Å². The normalized spacial score (nSPS) is 11.7. The molecule has 1 heterocycles. The largest absolute Gasteiger partial charge is 0.316 e. The van der Waals surface area contributed by atoms with Crippen molar-refractivity contribution in [3.8, 4) is 0 Å². The van der Waals surface area contributed by atoms with Crippen molar-refractivity contribution in [2.24, 2.45) is 7.05 Å². The Morgan fingerprint density at radius 3 is 2.62 bits per heavy atom. The van der Waals surface area contributed by atoms with Crippen LogP contribution in [0.1, 0.15) is 16.8 Å². The van der Waals surface area contributed by atoms with Gasteiger partial charge in [-0.1, -0.05) is 24.3 Å². The minimum atomic E-state index is -3.37. The van der Waals surface area contributed by atoms with Crippen molar-refractivity contribution >= 4 is 10.0 Å². The molecule has 0 saturated carbocycles. The number of hydrogen-bond acceptors (Lipinski definition) is 4. The molecule has 0 radical (unpaired) electrons. The van der Waals surface area contributed by atoms with Crippen LogP contribution in [0.5, 0.6) is 0 Å². The predicted octanol–water partition coefficient (Wildman–Crippen LogP) is 0.759. The fraction of sp³-hybridized carbons (Fsp3) is 0.357. The lowest BCUT2D eigenvalue weighted by Gasteiger charge is -2.08. The molecule has 2 aromatic rings. The molecule has 0 bridgehead atoms. The zero-order valence-electron chi connectivity index (χ0n) is 12.2. The zero-order valence-corrected chi connectivity index (χ0v) is 13.0. The minimum Gasteiger partial charge on any atom is -0.316 e. The first-order valence-corrected chi connectivity index (χ1v) is 8.32. The van der Waals surface area contributed by atoms with E-state index in [9.17, 15) is 8.42 Å². The van der Waals surface area contributed by atoms with Gasteiger partial charge < -0.3 is 5.32 Å². The third kappa shape index (κ3) is 4.66. The summed E-state index contributed by atoms with van der Waals surface area (Å²) in [6, 6.07) is 9.35. The van der Waals surface area contributed by atoms with Crippen LogP contribution in [0.25, 0.3) is 0 Å². The van der Waals surface area contributed by atoms with E-state index in [2.05, 4.69) is 15.1 Å². The maximum atomic E-state index is 12.1. The van der Waals surface area contributed by atoms with Crippen LogP contribution in [0.2, 0.25) is 0 Å². The molecule has 1 aromatic carbocycles. The van der Waals surface area contributed by atoms with Gasteiger partial charge in [0.1, 0.15) is 0 Å². The van der Waals surface area contributed by atoms with Crippen molar-refractivity contribution in [3.05, 3.63) is 53.3 Å². The Hall–Kier alpha value is -1.70. The van der Waals surface area contributed by atoms with Crippen molar-refractivity contribution in [3.63, 3.8) is 0 Å². The summed E-state index contributed by atoms with van der Waals surface area (Å²) in [5, 5.41) is 7.06. The molecule has 6 nitrogen and oxygen atoms in total. The van der Waals surface area contributed by atoms with Crippen molar-refractivity contribution in [2.45, 2.75) is 18.8 Å². The minimum absolute atomic E-state index is 0.0254. The SMILES string of the molecule is CNCc1cccc(CS(=O)(=O)NCc2ccnn2C)c1. The van der Waals surface area contributed by atoms with Crippen LogP contribution < -0.4 is 10.0 Å². The highest BCUT2D eigenvalue weighted by molar-refractivity contribution is 7.88. The van der Waals surface area contributed by atoms with Gasteiger partial charge in [-0.05, 0) is 24.2 Å². The summed E-state index contributed by atoms with van der Waals surface area (Å²) in [4.78, 5) is 0. The summed E-state index contributed by atoms with van der Waals surface area (Å²) in [6.45, 7) is 0.964. The number of sulfonamides is 1. The first-order valence-electron chi connectivity index (χ1n) is 6.67. The Kier molecular flexibility index (Phi) is 5.11. The second kappa shape index (κ2) is 6.84. The molecule has 0 spiro atoms. The van der Waals surface area contributed by atoms with Crippen LogP contribution in [-0.4, -0.2) is 25.2 Å². The number of hydrogen-bond donors (Lipinski definition) is 2. The van der Waals surface area contributed by atoms with Crippen LogP contribution >= 0.6 is 0 Å². The van der Waals surface area contributed by atoms with E-state index in [1.165, 1.54) is 0 Å². The number of aryl methyl sites for hydroxylation is 1. The molecule has 0 fully saturated rings. The van der Waals surface area contributed by atoms with Crippen LogP contribution in [0.4, 0.5) is 0 Å². The number of benzene rings is 1. The lowest BCUT2D eigenvalue weighted by Crippen LogP contribution is -2.25. The van der Waals surface area contributed by atoms with E-state index in [1.54, 1.807) is 24.0 Å². The molecule has 21 heavy (non-hydrogen) atoms. The average molecular weight is 308 g/mol. The summed E-state index contributed by atoms with van der Waals surface area (Å²) in [6.07, 6.45) is 1.64. The molecular formula is C14H20N4O2S. The smallest absolute Gasteiger partial charge is 0.216 e. The highest BCUT2D eigenvalue weighted by atomic mass is 32.2. The third-order valence-electron chi connectivity index (χ3n) is 3.12. The molecule has 0 aliphatic rings. The van der Waals surface area contributed by atoms with E-state index in [0.717, 1.165) is 23.4 Å². The van der Waals surface area contributed by atoms with Gasteiger partial charge >= 0.3 is 0 Å². The molecule has 0 unspecified atom stereocenters. The molecule has 0 aliphatic heterocycles. The molecule has 1 aromatic heterocycles. The van der Waals surface area contributed by atoms with Gasteiger partial charge in [-0.2, -0.15) is 5.10 Å². The van der Waals surface area contributed by atoms with Crippen molar-refractivity contribution in [1.82, 2.24) is 19.8 Å². The number of aromatic nitrogens is 2. The highest BCUT2D eigenvalue weighted by Crippen LogP contribution is 2.09. The summed E-state index contributed by atoms with van der Waals surface area (Å²) < 4.78 is 28.5. The zero-order chi connectivity index (χ0) is 15.3. The van der Waals surface area contributed by atoms with E-state index in [4.69, 9.17) is 0 Å². The quantitative estimate of drug-likeness (QED) is 0.792. The third-order valence-corrected chi connectivity index (χ3v) is 4.42. The molecule has 0 aliphatic carbocycles. The molecule has 0 amide bonds.